The molecule has 0 aliphatic heterocycles. The Morgan fingerprint density at radius 2 is 1.93 bits per heavy atom. The van der Waals surface area contributed by atoms with Crippen LogP contribution < -0.4 is 10.1 Å². The average Bonchev–Trinajstić information content (AvgIpc) is 3.14. The van der Waals surface area contributed by atoms with Gasteiger partial charge in [0.05, 0.1) is 19.2 Å². The zero-order chi connectivity index (χ0) is 20.4. The van der Waals surface area contributed by atoms with Crippen molar-refractivity contribution in [3.05, 3.63) is 82.4 Å². The number of hydrogen-bond acceptors (Lipinski definition) is 4. The number of anilines is 1. The van der Waals surface area contributed by atoms with E-state index >= 15 is 0 Å². The molecule has 0 atom stereocenters. The molecule has 0 unspecified atom stereocenters. The highest BCUT2D eigenvalue weighted by atomic mass is 35.5. The lowest BCUT2D eigenvalue weighted by molar-refractivity contribution is 0.102. The van der Waals surface area contributed by atoms with Crippen molar-refractivity contribution in [1.29, 1.82) is 0 Å². The molecular weight excluding hydrogens is 388 g/mol. The van der Waals surface area contributed by atoms with Crippen molar-refractivity contribution in [1.82, 2.24) is 15.0 Å². The first kappa shape index (κ1) is 19.0. The summed E-state index contributed by atoms with van der Waals surface area (Å²) in [6.45, 7) is 2.44. The largest absolute Gasteiger partial charge is 0.497 e. The summed E-state index contributed by atoms with van der Waals surface area (Å²) >= 11 is 6.13. The smallest absolute Gasteiger partial charge is 0.255 e. The van der Waals surface area contributed by atoms with Gasteiger partial charge in [-0.25, -0.2) is 4.68 Å². The van der Waals surface area contributed by atoms with E-state index in [-0.39, 0.29) is 5.91 Å². The van der Waals surface area contributed by atoms with Gasteiger partial charge < -0.3 is 10.1 Å². The summed E-state index contributed by atoms with van der Waals surface area (Å²) in [6, 6.07) is 18.6. The molecule has 3 aromatic carbocycles. The van der Waals surface area contributed by atoms with Crippen LogP contribution in [0.1, 0.15) is 21.5 Å². The lowest BCUT2D eigenvalue weighted by atomic mass is 10.1. The fraction of sp³-hybridized carbons (Fsp3) is 0.136. The van der Waals surface area contributed by atoms with Gasteiger partial charge in [-0.3, -0.25) is 4.79 Å². The molecule has 1 N–H and O–H groups in total. The van der Waals surface area contributed by atoms with Gasteiger partial charge in [0.25, 0.3) is 5.91 Å². The van der Waals surface area contributed by atoms with E-state index in [1.54, 1.807) is 36.1 Å². The highest BCUT2D eigenvalue weighted by molar-refractivity contribution is 6.31. The number of amides is 1. The number of nitrogens with one attached hydrogen (secondary N) is 1. The molecule has 1 heterocycles. The number of ether oxygens (including phenoxy) is 1. The zero-order valence-corrected chi connectivity index (χ0v) is 16.8. The maximum absolute atomic E-state index is 12.7. The zero-order valence-electron chi connectivity index (χ0n) is 16.0. The van der Waals surface area contributed by atoms with Crippen LogP contribution in [0.15, 0.2) is 60.7 Å². The Labute approximate surface area is 173 Å². The third-order valence-corrected chi connectivity index (χ3v) is 5.19. The molecule has 1 amide bonds. The van der Waals surface area contributed by atoms with Crippen LogP contribution in [0.25, 0.3) is 11.0 Å². The summed E-state index contributed by atoms with van der Waals surface area (Å²) in [5, 5.41) is 12.0. The Morgan fingerprint density at radius 3 is 2.69 bits per heavy atom. The molecule has 0 aliphatic rings. The topological polar surface area (TPSA) is 69.0 Å². The minimum atomic E-state index is -0.220. The van der Waals surface area contributed by atoms with E-state index in [0.29, 0.717) is 28.3 Å². The predicted molar refractivity (Wildman–Crippen MR) is 114 cm³/mol. The van der Waals surface area contributed by atoms with E-state index in [1.807, 2.05) is 43.3 Å². The van der Waals surface area contributed by atoms with Crippen molar-refractivity contribution in [2.24, 2.45) is 0 Å². The van der Waals surface area contributed by atoms with Crippen LogP contribution in [-0.4, -0.2) is 28.0 Å². The van der Waals surface area contributed by atoms with Crippen molar-refractivity contribution in [3.63, 3.8) is 0 Å². The Bertz CT molecular complexity index is 1190. The van der Waals surface area contributed by atoms with Crippen LogP contribution in [0.3, 0.4) is 0 Å². The van der Waals surface area contributed by atoms with Crippen molar-refractivity contribution in [3.8, 4) is 5.75 Å². The first-order valence-corrected chi connectivity index (χ1v) is 9.45. The number of benzene rings is 3. The molecule has 0 saturated heterocycles. The van der Waals surface area contributed by atoms with Gasteiger partial charge in [-0.05, 0) is 60.5 Å². The summed E-state index contributed by atoms with van der Waals surface area (Å²) in [7, 11) is 1.64. The monoisotopic (exact) mass is 406 g/mol. The number of halogens is 1. The first-order chi connectivity index (χ1) is 14.0. The van der Waals surface area contributed by atoms with Gasteiger partial charge in [0.15, 0.2) is 0 Å². The summed E-state index contributed by atoms with van der Waals surface area (Å²) in [6.07, 6.45) is 0. The summed E-state index contributed by atoms with van der Waals surface area (Å²) < 4.78 is 6.99. The molecule has 7 heteroatoms. The maximum atomic E-state index is 12.7. The Balaban J connectivity index is 1.55. The molecule has 4 rings (SSSR count). The number of rotatable bonds is 5. The lowest BCUT2D eigenvalue weighted by Gasteiger charge is -2.09. The molecule has 1 aromatic heterocycles. The van der Waals surface area contributed by atoms with E-state index < -0.39 is 0 Å². The van der Waals surface area contributed by atoms with Gasteiger partial charge in [0.1, 0.15) is 11.3 Å². The average molecular weight is 407 g/mol. The van der Waals surface area contributed by atoms with E-state index in [0.717, 1.165) is 22.4 Å². The Morgan fingerprint density at radius 1 is 1.14 bits per heavy atom. The summed E-state index contributed by atoms with van der Waals surface area (Å²) in [4.78, 5) is 12.7. The minimum Gasteiger partial charge on any atom is -0.497 e. The third kappa shape index (κ3) is 3.93. The van der Waals surface area contributed by atoms with Gasteiger partial charge in [-0.15, -0.1) is 5.10 Å². The van der Waals surface area contributed by atoms with Crippen LogP contribution in [0.4, 0.5) is 5.69 Å². The fourth-order valence-corrected chi connectivity index (χ4v) is 3.25. The van der Waals surface area contributed by atoms with Crippen LogP contribution in [0.2, 0.25) is 5.02 Å². The molecule has 0 spiro atoms. The molecule has 29 heavy (non-hydrogen) atoms. The van der Waals surface area contributed by atoms with Crippen LogP contribution in [0.5, 0.6) is 5.75 Å². The van der Waals surface area contributed by atoms with Gasteiger partial charge >= 0.3 is 0 Å². The standard InChI is InChI=1S/C22H19ClN4O2/c1-14-18(23)4-3-5-19(14)24-22(28)16-8-11-21-20(12-16)25-26-27(21)13-15-6-9-17(29-2)10-7-15/h3-12H,13H2,1-2H3,(H,24,28). The van der Waals surface area contributed by atoms with E-state index in [9.17, 15) is 4.79 Å². The summed E-state index contributed by atoms with van der Waals surface area (Å²) in [5.74, 6) is 0.588. The van der Waals surface area contributed by atoms with Gasteiger partial charge in [0.2, 0.25) is 0 Å². The second kappa shape index (κ2) is 7.93. The van der Waals surface area contributed by atoms with Crippen LogP contribution in [0, 0.1) is 6.92 Å². The normalized spacial score (nSPS) is 10.9. The molecule has 146 valence electrons. The van der Waals surface area contributed by atoms with Crippen molar-refractivity contribution in [2.75, 3.05) is 12.4 Å². The Kier molecular flexibility index (Phi) is 5.18. The second-order valence-electron chi connectivity index (χ2n) is 6.67. The highest BCUT2D eigenvalue weighted by Gasteiger charge is 2.12. The first-order valence-electron chi connectivity index (χ1n) is 9.08. The molecule has 6 nitrogen and oxygen atoms in total. The molecular formula is C22H19ClN4O2. The van der Waals surface area contributed by atoms with Crippen molar-refractivity contribution in [2.45, 2.75) is 13.5 Å². The number of aromatic nitrogens is 3. The van der Waals surface area contributed by atoms with Gasteiger partial charge in [-0.2, -0.15) is 0 Å². The van der Waals surface area contributed by atoms with E-state index in [2.05, 4.69) is 15.6 Å². The fourth-order valence-electron chi connectivity index (χ4n) is 3.07. The number of carbonyl (C=O) groups excluding carboxylic acids is 1. The quantitative estimate of drug-likeness (QED) is 0.521. The van der Waals surface area contributed by atoms with Gasteiger partial charge in [-0.1, -0.05) is 35.0 Å². The highest BCUT2D eigenvalue weighted by Crippen LogP contribution is 2.24. The molecule has 0 aliphatic carbocycles. The van der Waals surface area contributed by atoms with Crippen molar-refractivity contribution < 1.29 is 9.53 Å². The van der Waals surface area contributed by atoms with E-state index in [4.69, 9.17) is 16.3 Å². The van der Waals surface area contributed by atoms with Crippen LogP contribution >= 0.6 is 11.6 Å². The Hall–Kier alpha value is -3.38. The van der Waals surface area contributed by atoms with Crippen molar-refractivity contribution >= 4 is 34.2 Å². The number of carbonyl (C=O) groups is 1. The maximum Gasteiger partial charge on any atom is 0.255 e. The SMILES string of the molecule is COc1ccc(Cn2nnc3cc(C(=O)Nc4cccc(Cl)c4C)ccc32)cc1. The predicted octanol–water partition coefficient (Wildman–Crippen LogP) is 4.70. The second-order valence-corrected chi connectivity index (χ2v) is 7.07. The number of methoxy groups -OCH3 is 1. The molecule has 0 bridgehead atoms. The number of fused-ring (bicyclic) bond motifs is 1. The molecule has 0 fully saturated rings. The van der Waals surface area contributed by atoms with E-state index in [1.165, 1.54) is 0 Å². The van der Waals surface area contributed by atoms with Gasteiger partial charge in [0, 0.05) is 16.3 Å². The minimum absolute atomic E-state index is 0.220. The lowest BCUT2D eigenvalue weighted by Crippen LogP contribution is -2.12. The third-order valence-electron chi connectivity index (χ3n) is 4.78. The van der Waals surface area contributed by atoms with Crippen LogP contribution in [-0.2, 0) is 6.54 Å². The molecule has 0 radical (unpaired) electrons. The number of hydrogen-bond donors (Lipinski definition) is 1. The molecule has 0 saturated carbocycles. The molecule has 4 aromatic rings. The number of nitrogens with zero attached hydrogens (tertiary/aromatic N) is 3. The summed E-state index contributed by atoms with van der Waals surface area (Å²) in [5.41, 5.74) is 4.62.